The fourth-order valence-corrected chi connectivity index (χ4v) is 6.81. The molecular formula is C33H28FN3O. The van der Waals surface area contributed by atoms with Crippen molar-refractivity contribution in [2.24, 2.45) is 11.8 Å². The molecule has 38 heavy (non-hydrogen) atoms. The molecule has 188 valence electrons. The molecule has 1 saturated carbocycles. The smallest absolute Gasteiger partial charge is 0.253 e. The minimum Gasteiger partial charge on any atom is -0.337 e. The number of hydrogen-bond donors (Lipinski definition) is 0. The lowest BCUT2D eigenvalue weighted by atomic mass is 9.86. The van der Waals surface area contributed by atoms with Crippen molar-refractivity contribution in [2.75, 3.05) is 13.1 Å². The molecule has 0 bridgehead atoms. The molecule has 0 unspecified atom stereocenters. The van der Waals surface area contributed by atoms with Crippen LogP contribution in [0.2, 0.25) is 0 Å². The average molecular weight is 502 g/mol. The molecule has 2 aliphatic rings. The summed E-state index contributed by atoms with van der Waals surface area (Å²) in [5, 5.41) is 5.70. The molecule has 1 amide bonds. The standard InChI is InChI=1S/C33H28FN3O/c1-22-16-31-25(19-35-37(31)27-14-12-26(34)13-15-27)18-28(22)33-21-36(32(38)24-10-6-3-7-11-24)20-30(33)29(33)17-23-8-4-2-5-9-23/h2-16,18-19,29-30H,17,20-21H2,1H3/t29-,30-,33-/m0/s1. The quantitative estimate of drug-likeness (QED) is 0.281. The van der Waals surface area contributed by atoms with Crippen LogP contribution >= 0.6 is 0 Å². The van der Waals surface area contributed by atoms with Crippen molar-refractivity contribution in [1.29, 1.82) is 0 Å². The van der Waals surface area contributed by atoms with Crippen LogP contribution in [0.15, 0.2) is 103 Å². The fourth-order valence-electron chi connectivity index (χ4n) is 6.81. The highest BCUT2D eigenvalue weighted by atomic mass is 19.1. The third kappa shape index (κ3) is 3.57. The Balaban J connectivity index is 1.28. The van der Waals surface area contributed by atoms with Crippen molar-refractivity contribution in [3.05, 3.63) is 131 Å². The van der Waals surface area contributed by atoms with Crippen LogP contribution in [0, 0.1) is 24.6 Å². The monoisotopic (exact) mass is 501 g/mol. The highest BCUT2D eigenvalue weighted by molar-refractivity contribution is 5.95. The molecule has 3 atom stereocenters. The van der Waals surface area contributed by atoms with E-state index >= 15 is 0 Å². The molecule has 2 heterocycles. The van der Waals surface area contributed by atoms with E-state index in [0.717, 1.165) is 41.7 Å². The van der Waals surface area contributed by atoms with Gasteiger partial charge in [0.2, 0.25) is 0 Å². The van der Waals surface area contributed by atoms with E-state index in [9.17, 15) is 9.18 Å². The fraction of sp³-hybridized carbons (Fsp3) is 0.212. The second-order valence-electron chi connectivity index (χ2n) is 10.8. The van der Waals surface area contributed by atoms with Crippen LogP contribution in [-0.4, -0.2) is 33.7 Å². The third-order valence-corrected chi connectivity index (χ3v) is 8.66. The minimum atomic E-state index is -0.261. The molecule has 4 aromatic carbocycles. The summed E-state index contributed by atoms with van der Waals surface area (Å²) in [4.78, 5) is 15.5. The van der Waals surface area contributed by atoms with Crippen LogP contribution in [-0.2, 0) is 11.8 Å². The lowest BCUT2D eigenvalue weighted by Crippen LogP contribution is -2.35. The summed E-state index contributed by atoms with van der Waals surface area (Å²) >= 11 is 0. The predicted octanol–water partition coefficient (Wildman–Crippen LogP) is 6.36. The maximum atomic E-state index is 13.5. The summed E-state index contributed by atoms with van der Waals surface area (Å²) in [7, 11) is 0. The summed E-state index contributed by atoms with van der Waals surface area (Å²) in [5.74, 6) is 0.744. The Morgan fingerprint density at radius 1 is 0.974 bits per heavy atom. The van der Waals surface area contributed by atoms with Crippen molar-refractivity contribution in [2.45, 2.75) is 18.8 Å². The van der Waals surface area contributed by atoms with E-state index < -0.39 is 0 Å². The summed E-state index contributed by atoms with van der Waals surface area (Å²) in [6.07, 6.45) is 2.90. The number of amides is 1. The Morgan fingerprint density at radius 3 is 2.42 bits per heavy atom. The first kappa shape index (κ1) is 22.9. The number of nitrogens with zero attached hydrogens (tertiary/aromatic N) is 3. The molecule has 1 aliphatic heterocycles. The molecule has 0 N–H and O–H groups in total. The Bertz CT molecular complexity index is 1650. The number of halogens is 1. The Labute approximate surface area is 221 Å². The van der Waals surface area contributed by atoms with Crippen LogP contribution in [0.4, 0.5) is 4.39 Å². The van der Waals surface area contributed by atoms with E-state index in [4.69, 9.17) is 0 Å². The second kappa shape index (κ2) is 8.66. The summed E-state index contributed by atoms with van der Waals surface area (Å²) in [6.45, 7) is 3.67. The number of fused-ring (bicyclic) bond motifs is 2. The van der Waals surface area contributed by atoms with Crippen LogP contribution < -0.4 is 0 Å². The summed E-state index contributed by atoms with van der Waals surface area (Å²) in [6, 6.07) is 31.2. The highest BCUT2D eigenvalue weighted by Crippen LogP contribution is 2.66. The van der Waals surface area contributed by atoms with Crippen molar-refractivity contribution < 1.29 is 9.18 Å². The number of benzene rings is 4. The van der Waals surface area contributed by atoms with E-state index in [2.05, 4.69) is 54.5 Å². The zero-order valence-electron chi connectivity index (χ0n) is 21.2. The van der Waals surface area contributed by atoms with E-state index in [1.54, 1.807) is 12.1 Å². The molecule has 1 saturated heterocycles. The SMILES string of the molecule is Cc1cc2c(cnn2-c2ccc(F)cc2)cc1[C@]12CN(C(=O)c3ccccc3)C[C@H]1[C@@H]2Cc1ccccc1. The summed E-state index contributed by atoms with van der Waals surface area (Å²) < 4.78 is 15.4. The number of likely N-dealkylation sites (tertiary alicyclic amines) is 1. The zero-order chi connectivity index (χ0) is 25.9. The maximum absolute atomic E-state index is 13.5. The molecule has 0 spiro atoms. The van der Waals surface area contributed by atoms with Crippen molar-refractivity contribution in [3.63, 3.8) is 0 Å². The van der Waals surface area contributed by atoms with Gasteiger partial charge in [0.15, 0.2) is 0 Å². The van der Waals surface area contributed by atoms with E-state index in [-0.39, 0.29) is 17.1 Å². The number of aryl methyl sites for hydroxylation is 1. The molecule has 1 aromatic heterocycles. The molecule has 0 radical (unpaired) electrons. The predicted molar refractivity (Wildman–Crippen MR) is 147 cm³/mol. The molecule has 5 heteroatoms. The Hall–Kier alpha value is -4.25. The van der Waals surface area contributed by atoms with Crippen LogP contribution in [0.1, 0.15) is 27.0 Å². The molecular weight excluding hydrogens is 473 g/mol. The minimum absolute atomic E-state index is 0.0729. The van der Waals surface area contributed by atoms with E-state index in [0.29, 0.717) is 11.8 Å². The van der Waals surface area contributed by atoms with E-state index in [1.165, 1.54) is 28.8 Å². The molecule has 5 aromatic rings. The van der Waals surface area contributed by atoms with Gasteiger partial charge in [-0.15, -0.1) is 0 Å². The molecule has 4 nitrogen and oxygen atoms in total. The van der Waals surface area contributed by atoms with Gasteiger partial charge in [-0.2, -0.15) is 5.10 Å². The highest BCUT2D eigenvalue weighted by Gasteiger charge is 2.70. The van der Waals surface area contributed by atoms with Crippen LogP contribution in [0.5, 0.6) is 0 Å². The van der Waals surface area contributed by atoms with Gasteiger partial charge >= 0.3 is 0 Å². The van der Waals surface area contributed by atoms with Crippen molar-refractivity contribution >= 4 is 16.8 Å². The topological polar surface area (TPSA) is 38.1 Å². The van der Waals surface area contributed by atoms with Gasteiger partial charge in [-0.25, -0.2) is 9.07 Å². The molecule has 2 fully saturated rings. The first-order chi connectivity index (χ1) is 18.5. The van der Waals surface area contributed by atoms with Crippen molar-refractivity contribution in [1.82, 2.24) is 14.7 Å². The first-order valence-corrected chi connectivity index (χ1v) is 13.2. The van der Waals surface area contributed by atoms with Gasteiger partial charge in [-0.1, -0.05) is 48.5 Å². The molecule has 7 rings (SSSR count). The second-order valence-corrected chi connectivity index (χ2v) is 10.8. The van der Waals surface area contributed by atoms with Crippen LogP contribution in [0.25, 0.3) is 16.6 Å². The van der Waals surface area contributed by atoms with Crippen molar-refractivity contribution in [3.8, 4) is 5.69 Å². The van der Waals surface area contributed by atoms with Crippen LogP contribution in [0.3, 0.4) is 0 Å². The number of piperidine rings is 1. The lowest BCUT2D eigenvalue weighted by Gasteiger charge is -2.26. The van der Waals surface area contributed by atoms with Gasteiger partial charge < -0.3 is 4.90 Å². The zero-order valence-corrected chi connectivity index (χ0v) is 21.2. The number of carbonyl (C=O) groups is 1. The van der Waals surface area contributed by atoms with Gasteiger partial charge in [0.05, 0.1) is 17.4 Å². The van der Waals surface area contributed by atoms with E-state index in [1.807, 2.05) is 46.1 Å². The van der Waals surface area contributed by atoms with Gasteiger partial charge in [0, 0.05) is 29.5 Å². The largest absolute Gasteiger partial charge is 0.337 e. The lowest BCUT2D eigenvalue weighted by molar-refractivity contribution is 0.0763. The number of aromatic nitrogens is 2. The normalized spacial score (nSPS) is 22.0. The van der Waals surface area contributed by atoms with Gasteiger partial charge in [-0.3, -0.25) is 4.79 Å². The van der Waals surface area contributed by atoms with Gasteiger partial charge in [-0.05, 0) is 90.4 Å². The maximum Gasteiger partial charge on any atom is 0.253 e. The summed E-state index contributed by atoms with van der Waals surface area (Å²) in [5.41, 5.74) is 6.37. The van der Waals surface area contributed by atoms with Gasteiger partial charge in [0.1, 0.15) is 5.82 Å². The number of hydrogen-bond acceptors (Lipinski definition) is 2. The Kier molecular flexibility index (Phi) is 5.22. The van der Waals surface area contributed by atoms with Gasteiger partial charge in [0.25, 0.3) is 5.91 Å². The third-order valence-electron chi connectivity index (χ3n) is 8.66. The first-order valence-electron chi connectivity index (χ1n) is 13.2. The Morgan fingerprint density at radius 2 is 1.68 bits per heavy atom. The number of rotatable bonds is 5. The average Bonchev–Trinajstić information content (AvgIpc) is 3.25. The molecule has 1 aliphatic carbocycles. The number of carbonyl (C=O) groups excluding carboxylic acids is 1.